The summed E-state index contributed by atoms with van der Waals surface area (Å²) in [5.74, 6) is 0.426. The van der Waals surface area contributed by atoms with Crippen molar-refractivity contribution < 1.29 is 27.8 Å². The first kappa shape index (κ1) is 23.4. The van der Waals surface area contributed by atoms with Crippen LogP contribution in [0.4, 0.5) is 4.79 Å². The van der Waals surface area contributed by atoms with E-state index < -0.39 is 33.7 Å². The fourth-order valence-corrected chi connectivity index (χ4v) is 6.12. The minimum Gasteiger partial charge on any atom is -0.485 e. The van der Waals surface area contributed by atoms with Crippen molar-refractivity contribution in [1.29, 1.82) is 0 Å². The Morgan fingerprint density at radius 1 is 0.971 bits per heavy atom. The summed E-state index contributed by atoms with van der Waals surface area (Å²) in [7, 11) is -3.81. The van der Waals surface area contributed by atoms with E-state index in [0.29, 0.717) is 17.7 Å². The average molecular weight is 494 g/mol. The molecule has 0 unspecified atom stereocenters. The van der Waals surface area contributed by atoms with E-state index in [1.165, 1.54) is 24.3 Å². The molecule has 0 saturated carbocycles. The summed E-state index contributed by atoms with van der Waals surface area (Å²) in [4.78, 5) is 14.7. The lowest BCUT2D eigenvalue weighted by molar-refractivity contribution is -0.0877. The molecule has 2 aliphatic rings. The third-order valence-electron chi connectivity index (χ3n) is 6.67. The molecule has 0 aromatic heterocycles. The van der Waals surface area contributed by atoms with Crippen LogP contribution < -0.4 is 4.74 Å². The second-order valence-corrected chi connectivity index (χ2v) is 11.4. The normalized spacial score (nSPS) is 23.3. The maximum absolute atomic E-state index is 13.3. The Hall–Kier alpha value is -3.36. The Bertz CT molecular complexity index is 1340. The number of benzene rings is 3. The average Bonchev–Trinajstić information content (AvgIpc) is 3.20. The number of carbonyl (C=O) groups excluding carboxylic acids is 1. The topological polar surface area (TPSA) is 93.1 Å². The number of sulfone groups is 1. The molecule has 0 radical (unpaired) electrons. The van der Waals surface area contributed by atoms with Crippen LogP contribution in [0.3, 0.4) is 0 Å². The number of amides is 1. The zero-order chi connectivity index (χ0) is 24.8. The van der Waals surface area contributed by atoms with E-state index in [0.717, 1.165) is 5.56 Å². The molecule has 7 nitrogen and oxygen atoms in total. The second-order valence-electron chi connectivity index (χ2n) is 9.44. The van der Waals surface area contributed by atoms with Crippen molar-refractivity contribution in [3.63, 3.8) is 0 Å². The summed E-state index contributed by atoms with van der Waals surface area (Å²) in [5.41, 5.74) is 0.450. The van der Waals surface area contributed by atoms with E-state index in [4.69, 9.17) is 9.47 Å². The van der Waals surface area contributed by atoms with Crippen LogP contribution in [0.5, 0.6) is 5.75 Å². The molecule has 2 aliphatic heterocycles. The Morgan fingerprint density at radius 3 is 2.31 bits per heavy atom. The van der Waals surface area contributed by atoms with Crippen LogP contribution >= 0.6 is 0 Å². The summed E-state index contributed by atoms with van der Waals surface area (Å²) in [6, 6.07) is 21.3. The van der Waals surface area contributed by atoms with Gasteiger partial charge in [0.1, 0.15) is 24.1 Å². The lowest BCUT2D eigenvalue weighted by Gasteiger charge is -2.46. The first-order valence-corrected chi connectivity index (χ1v) is 13.0. The predicted octanol–water partition coefficient (Wildman–Crippen LogP) is 4.16. The molecule has 1 saturated heterocycles. The van der Waals surface area contributed by atoms with Crippen molar-refractivity contribution in [3.8, 4) is 5.75 Å². The van der Waals surface area contributed by atoms with E-state index in [-0.39, 0.29) is 22.4 Å². The first-order valence-electron chi connectivity index (χ1n) is 11.5. The molecule has 0 spiro atoms. The molecule has 3 atom stereocenters. The van der Waals surface area contributed by atoms with E-state index in [1.807, 2.05) is 30.3 Å². The number of rotatable bonds is 5. The third kappa shape index (κ3) is 4.17. The number of aliphatic hydroxyl groups is 1. The molecule has 5 rings (SSSR count). The number of hydrogen-bond donors (Lipinski definition) is 1. The maximum atomic E-state index is 13.3. The van der Waals surface area contributed by atoms with Gasteiger partial charge in [-0.3, -0.25) is 4.90 Å². The molecule has 182 valence electrons. The Balaban J connectivity index is 1.60. The highest BCUT2D eigenvalue weighted by Gasteiger charge is 2.51. The number of fused-ring (bicyclic) bond motifs is 1. The van der Waals surface area contributed by atoms with Crippen molar-refractivity contribution in [2.75, 3.05) is 6.61 Å². The van der Waals surface area contributed by atoms with Gasteiger partial charge >= 0.3 is 6.09 Å². The number of carbonyl (C=O) groups is 1. The SMILES string of the molecule is CC1(C)Oc2ccc(S(=O)(=O)c3ccccc3)cc2[C@H](N2C(=O)OC[C@@H]2Cc2ccccc2)[C@H]1O. The van der Waals surface area contributed by atoms with Crippen molar-refractivity contribution in [2.24, 2.45) is 0 Å². The Kier molecular flexibility index (Phi) is 5.81. The molecule has 1 amide bonds. The van der Waals surface area contributed by atoms with Crippen molar-refractivity contribution in [2.45, 2.75) is 53.8 Å². The molecule has 3 aromatic carbocycles. The molecular formula is C27H27NO6S. The molecule has 35 heavy (non-hydrogen) atoms. The highest BCUT2D eigenvalue weighted by molar-refractivity contribution is 7.91. The zero-order valence-corrected chi connectivity index (χ0v) is 20.3. The van der Waals surface area contributed by atoms with Gasteiger partial charge in [0.15, 0.2) is 0 Å². The number of ether oxygens (including phenoxy) is 2. The minimum absolute atomic E-state index is 0.0649. The molecule has 2 heterocycles. The van der Waals surface area contributed by atoms with Gasteiger partial charge in [0.05, 0.1) is 21.9 Å². The summed E-state index contributed by atoms with van der Waals surface area (Å²) >= 11 is 0. The van der Waals surface area contributed by atoms with E-state index in [1.54, 1.807) is 43.0 Å². The Morgan fingerprint density at radius 2 is 1.63 bits per heavy atom. The molecule has 8 heteroatoms. The van der Waals surface area contributed by atoms with Crippen LogP contribution in [-0.2, 0) is 21.0 Å². The van der Waals surface area contributed by atoms with Gasteiger partial charge in [-0.05, 0) is 56.2 Å². The fourth-order valence-electron chi connectivity index (χ4n) is 4.81. The van der Waals surface area contributed by atoms with Gasteiger partial charge in [0, 0.05) is 5.56 Å². The first-order chi connectivity index (χ1) is 16.7. The smallest absolute Gasteiger partial charge is 0.410 e. The summed E-state index contributed by atoms with van der Waals surface area (Å²) in [6.07, 6.45) is -1.13. The predicted molar refractivity (Wildman–Crippen MR) is 129 cm³/mol. The summed E-state index contributed by atoms with van der Waals surface area (Å²) in [5, 5.41) is 11.4. The monoisotopic (exact) mass is 493 g/mol. The minimum atomic E-state index is -3.81. The van der Waals surface area contributed by atoms with E-state index in [2.05, 4.69) is 0 Å². The van der Waals surface area contributed by atoms with Crippen molar-refractivity contribution in [3.05, 3.63) is 90.0 Å². The van der Waals surface area contributed by atoms with Gasteiger partial charge in [-0.2, -0.15) is 0 Å². The van der Waals surface area contributed by atoms with Gasteiger partial charge in [-0.15, -0.1) is 0 Å². The molecule has 0 aliphatic carbocycles. The van der Waals surface area contributed by atoms with Crippen LogP contribution in [0.1, 0.15) is 31.0 Å². The van der Waals surface area contributed by atoms with Crippen LogP contribution in [0.15, 0.2) is 88.7 Å². The van der Waals surface area contributed by atoms with Crippen molar-refractivity contribution >= 4 is 15.9 Å². The van der Waals surface area contributed by atoms with Gasteiger partial charge in [-0.25, -0.2) is 13.2 Å². The highest BCUT2D eigenvalue weighted by atomic mass is 32.2. The number of aliphatic hydroxyl groups excluding tert-OH is 1. The zero-order valence-electron chi connectivity index (χ0n) is 19.5. The standard InChI is InChI=1S/C27H27NO6S/c1-27(2)25(29)24(28-19(17-33-26(28)30)15-18-9-5-3-6-10-18)22-16-21(13-14-23(22)34-27)35(31,32)20-11-7-4-8-12-20/h3-14,16,19,24-25,29H,15,17H2,1-2H3/t19-,24-,25+/m0/s1. The molecule has 1 N–H and O–H groups in total. The molecule has 1 fully saturated rings. The largest absolute Gasteiger partial charge is 0.485 e. The van der Waals surface area contributed by atoms with Gasteiger partial charge in [0.25, 0.3) is 0 Å². The van der Waals surface area contributed by atoms with E-state index in [9.17, 15) is 18.3 Å². The third-order valence-corrected chi connectivity index (χ3v) is 8.43. The lowest BCUT2D eigenvalue weighted by atomic mass is 9.85. The van der Waals surface area contributed by atoms with Crippen molar-refractivity contribution in [1.82, 2.24) is 4.90 Å². The fraction of sp³-hybridized carbons (Fsp3) is 0.296. The van der Waals surface area contributed by atoms with Gasteiger partial charge in [0.2, 0.25) is 9.84 Å². The van der Waals surface area contributed by atoms with Crippen LogP contribution in [0, 0.1) is 0 Å². The molecule has 3 aromatic rings. The van der Waals surface area contributed by atoms with E-state index >= 15 is 0 Å². The Labute approximate surface area is 204 Å². The highest BCUT2D eigenvalue weighted by Crippen LogP contribution is 2.46. The molecule has 0 bridgehead atoms. The number of hydrogen-bond acceptors (Lipinski definition) is 6. The lowest BCUT2D eigenvalue weighted by Crippen LogP contribution is -2.55. The number of nitrogens with zero attached hydrogens (tertiary/aromatic N) is 1. The van der Waals surface area contributed by atoms with Crippen LogP contribution in [0.25, 0.3) is 0 Å². The van der Waals surface area contributed by atoms with Crippen LogP contribution in [0.2, 0.25) is 0 Å². The number of cyclic esters (lactones) is 1. The van der Waals surface area contributed by atoms with Crippen LogP contribution in [-0.4, -0.2) is 48.9 Å². The molecular weight excluding hydrogens is 466 g/mol. The summed E-state index contributed by atoms with van der Waals surface area (Å²) < 4.78 is 38.1. The van der Waals surface area contributed by atoms with Gasteiger partial charge < -0.3 is 14.6 Å². The second kappa shape index (κ2) is 8.70. The maximum Gasteiger partial charge on any atom is 0.410 e. The quantitative estimate of drug-likeness (QED) is 0.574. The summed E-state index contributed by atoms with van der Waals surface area (Å²) in [6.45, 7) is 3.67. The van der Waals surface area contributed by atoms with Gasteiger partial charge in [-0.1, -0.05) is 48.5 Å².